The van der Waals surface area contributed by atoms with Gasteiger partial charge in [0.15, 0.2) is 0 Å². The second-order valence-electron chi connectivity index (χ2n) is 13.2. The molecule has 6 aromatic rings. The van der Waals surface area contributed by atoms with Gasteiger partial charge in [0.1, 0.15) is 4.90 Å². The maximum absolute atomic E-state index is 12.6. The Kier molecular flexibility index (Phi) is 11.6. The molecule has 0 spiro atoms. The minimum atomic E-state index is -4.63. The van der Waals surface area contributed by atoms with E-state index in [1.54, 1.807) is 24.3 Å². The predicted octanol–water partition coefficient (Wildman–Crippen LogP) is 6.12. The van der Waals surface area contributed by atoms with Crippen molar-refractivity contribution in [3.05, 3.63) is 114 Å². The molecule has 17 nitrogen and oxygen atoms in total. The van der Waals surface area contributed by atoms with Crippen LogP contribution in [0.1, 0.15) is 11.1 Å². The first-order valence-electron chi connectivity index (χ1n) is 18.6. The molecule has 2 aliphatic rings. The second-order valence-corrected chi connectivity index (χ2v) is 14.6. The number of benzene rings is 4. The van der Waals surface area contributed by atoms with Gasteiger partial charge in [0, 0.05) is 48.9 Å². The van der Waals surface area contributed by atoms with Gasteiger partial charge in [-0.1, -0.05) is 66.7 Å². The monoisotopic (exact) mass is 800 g/mol. The molecule has 5 N–H and O–H groups in total. The van der Waals surface area contributed by atoms with Crippen molar-refractivity contribution in [2.75, 3.05) is 83.7 Å². The van der Waals surface area contributed by atoms with E-state index in [2.05, 4.69) is 56.1 Å². The highest BCUT2D eigenvalue weighted by atomic mass is 32.2. The molecular formula is C40H40N12O5S. The lowest BCUT2D eigenvalue weighted by Crippen LogP contribution is -2.37. The van der Waals surface area contributed by atoms with Crippen LogP contribution in [0.4, 0.5) is 58.4 Å². The highest BCUT2D eigenvalue weighted by Gasteiger charge is 2.20. The highest BCUT2D eigenvalue weighted by molar-refractivity contribution is 7.86. The van der Waals surface area contributed by atoms with Crippen LogP contribution in [0.25, 0.3) is 12.2 Å². The van der Waals surface area contributed by atoms with Crippen molar-refractivity contribution in [2.24, 2.45) is 0 Å². The van der Waals surface area contributed by atoms with Gasteiger partial charge in [0.05, 0.1) is 26.4 Å². The fourth-order valence-corrected chi connectivity index (χ4v) is 6.87. The van der Waals surface area contributed by atoms with Crippen molar-refractivity contribution in [3.8, 4) is 0 Å². The van der Waals surface area contributed by atoms with Gasteiger partial charge < -0.3 is 40.5 Å². The molecule has 2 aliphatic heterocycles. The topological polar surface area (TPSA) is 205 Å². The van der Waals surface area contributed by atoms with Crippen LogP contribution in [0.2, 0.25) is 0 Å². The molecule has 18 heteroatoms. The van der Waals surface area contributed by atoms with Gasteiger partial charge in [-0.2, -0.15) is 38.3 Å². The third-order valence-electron chi connectivity index (χ3n) is 9.06. The number of nitrogens with one attached hydrogen (secondary N) is 4. The number of hydrogen-bond donors (Lipinski definition) is 5. The highest BCUT2D eigenvalue weighted by Crippen LogP contribution is 2.27. The van der Waals surface area contributed by atoms with Gasteiger partial charge in [0.25, 0.3) is 10.1 Å². The van der Waals surface area contributed by atoms with Crippen molar-refractivity contribution < 1.29 is 22.4 Å². The van der Waals surface area contributed by atoms with Gasteiger partial charge in [0.2, 0.25) is 35.7 Å². The molecule has 0 saturated carbocycles. The van der Waals surface area contributed by atoms with Gasteiger partial charge in [-0.15, -0.1) is 0 Å². The first-order chi connectivity index (χ1) is 28.3. The zero-order valence-corrected chi connectivity index (χ0v) is 32.0. The number of morpholine rings is 2. The van der Waals surface area contributed by atoms with E-state index in [0.29, 0.717) is 88.0 Å². The lowest BCUT2D eigenvalue weighted by molar-refractivity contribution is 0.122. The van der Waals surface area contributed by atoms with E-state index >= 15 is 0 Å². The molecule has 4 heterocycles. The summed E-state index contributed by atoms with van der Waals surface area (Å²) in [6.07, 6.45) is 3.38. The lowest BCUT2D eigenvalue weighted by Gasteiger charge is -2.27. The molecule has 2 aromatic heterocycles. The zero-order valence-electron chi connectivity index (χ0n) is 31.2. The molecule has 0 bridgehead atoms. The molecule has 2 fully saturated rings. The van der Waals surface area contributed by atoms with Gasteiger partial charge in [-0.25, -0.2) is 0 Å². The molecule has 58 heavy (non-hydrogen) atoms. The van der Waals surface area contributed by atoms with Crippen LogP contribution in [0.3, 0.4) is 0 Å². The van der Waals surface area contributed by atoms with Crippen LogP contribution in [0.5, 0.6) is 0 Å². The van der Waals surface area contributed by atoms with Crippen LogP contribution in [-0.2, 0) is 19.6 Å². The van der Waals surface area contributed by atoms with E-state index in [4.69, 9.17) is 9.47 Å². The third-order valence-corrected chi connectivity index (χ3v) is 9.97. The lowest BCUT2D eigenvalue weighted by atomic mass is 10.1. The molecule has 296 valence electrons. The van der Waals surface area contributed by atoms with Crippen LogP contribution in [0, 0.1) is 0 Å². The number of para-hydroxylation sites is 2. The molecule has 0 unspecified atom stereocenters. The molecule has 2 saturated heterocycles. The van der Waals surface area contributed by atoms with Crippen LogP contribution >= 0.6 is 0 Å². The van der Waals surface area contributed by atoms with E-state index in [1.165, 1.54) is 6.07 Å². The van der Waals surface area contributed by atoms with E-state index < -0.39 is 10.1 Å². The van der Waals surface area contributed by atoms with Crippen molar-refractivity contribution in [1.29, 1.82) is 0 Å². The number of aromatic nitrogens is 6. The first-order valence-corrected chi connectivity index (χ1v) is 20.0. The first kappa shape index (κ1) is 38.2. The summed E-state index contributed by atoms with van der Waals surface area (Å²) in [6, 6.07) is 31.2. The average molecular weight is 801 g/mol. The zero-order chi connectivity index (χ0) is 39.7. The molecular weight excluding hydrogens is 761 g/mol. The summed E-state index contributed by atoms with van der Waals surface area (Å²) in [5, 5.41) is 12.8. The Morgan fingerprint density at radius 2 is 0.931 bits per heavy atom. The molecule has 0 atom stereocenters. The van der Waals surface area contributed by atoms with E-state index in [0.717, 1.165) is 22.6 Å². The van der Waals surface area contributed by atoms with Crippen LogP contribution in [0.15, 0.2) is 108 Å². The summed E-state index contributed by atoms with van der Waals surface area (Å²) in [5.74, 6) is 2.22. The number of anilines is 10. The number of rotatable bonds is 13. The fourth-order valence-electron chi connectivity index (χ4n) is 6.16. The molecule has 8 rings (SSSR count). The normalized spacial score (nSPS) is 14.6. The maximum atomic E-state index is 12.6. The quantitative estimate of drug-likeness (QED) is 0.0659. The van der Waals surface area contributed by atoms with Crippen molar-refractivity contribution in [1.82, 2.24) is 29.9 Å². The minimum absolute atomic E-state index is 0.186. The van der Waals surface area contributed by atoms with E-state index in [-0.39, 0.29) is 16.4 Å². The van der Waals surface area contributed by atoms with Gasteiger partial charge in [-0.05, 0) is 59.7 Å². The smallest absolute Gasteiger partial charge is 0.295 e. The van der Waals surface area contributed by atoms with Crippen molar-refractivity contribution in [3.63, 3.8) is 0 Å². The molecule has 4 aromatic carbocycles. The molecule has 0 radical (unpaired) electrons. The Morgan fingerprint density at radius 1 is 0.517 bits per heavy atom. The average Bonchev–Trinajstić information content (AvgIpc) is 3.24. The van der Waals surface area contributed by atoms with Gasteiger partial charge in [-0.3, -0.25) is 4.55 Å². The van der Waals surface area contributed by atoms with Crippen LogP contribution in [-0.4, -0.2) is 95.5 Å². The summed E-state index contributed by atoms with van der Waals surface area (Å²) in [5.41, 5.74) is 3.78. The summed E-state index contributed by atoms with van der Waals surface area (Å²) in [4.78, 5) is 31.5. The largest absolute Gasteiger partial charge is 0.378 e. The SMILES string of the molecule is O=S(=O)(O)c1cc(Nc2nc(Nc3ccccc3)nc(N3CCOCC3)n2)ccc1C=Cc1ccc(Nc2nc(Nc3ccccc3)nc(N3CCOCC3)n2)cc1. The summed E-state index contributed by atoms with van der Waals surface area (Å²) >= 11 is 0. The number of hydrogen-bond acceptors (Lipinski definition) is 16. The van der Waals surface area contributed by atoms with Gasteiger partial charge >= 0.3 is 0 Å². The Balaban J connectivity index is 0.994. The summed E-state index contributed by atoms with van der Waals surface area (Å²) in [7, 11) is -4.63. The van der Waals surface area contributed by atoms with E-state index in [1.807, 2.05) is 89.8 Å². The Hall–Kier alpha value is -6.73. The third kappa shape index (κ3) is 9.98. The van der Waals surface area contributed by atoms with Crippen LogP contribution < -0.4 is 31.1 Å². The standard InChI is InChI=1S/C40H40N12O5S/c53-58(54,55)34-27-33(44-38-46-36(42-31-9-5-2-6-10-31)48-40(50-38)52-21-25-57-26-22-52)18-15-29(34)14-11-28-12-16-32(17-13-28)43-37-45-35(41-30-7-3-1-4-8-30)47-39(49-37)51-19-23-56-24-20-51/h1-18,27H,19-26H2,(H,53,54,55)(H2,41,43,45,47,49)(H2,42,44,46,48,50). The number of ether oxygens (including phenoxy) is 2. The Labute approximate surface area is 335 Å². The molecule has 0 amide bonds. The minimum Gasteiger partial charge on any atom is -0.378 e. The predicted molar refractivity (Wildman–Crippen MR) is 223 cm³/mol. The second kappa shape index (κ2) is 17.6. The Bertz CT molecular complexity index is 2470. The van der Waals surface area contributed by atoms with Crippen molar-refractivity contribution >= 4 is 80.7 Å². The van der Waals surface area contributed by atoms with Crippen molar-refractivity contribution in [2.45, 2.75) is 4.90 Å². The fraction of sp³-hybridized carbons (Fsp3) is 0.200. The number of nitrogens with zero attached hydrogens (tertiary/aromatic N) is 8. The summed E-state index contributed by atoms with van der Waals surface area (Å²) < 4.78 is 46.6. The Morgan fingerprint density at radius 3 is 1.38 bits per heavy atom. The summed E-state index contributed by atoms with van der Waals surface area (Å²) in [6.45, 7) is 4.78. The molecule has 0 aliphatic carbocycles. The maximum Gasteiger partial charge on any atom is 0.295 e. The van der Waals surface area contributed by atoms with E-state index in [9.17, 15) is 13.0 Å².